The maximum Gasteiger partial charge on any atom is 1.00 e. The van der Waals surface area contributed by atoms with Crippen LogP contribution in [0.1, 0.15) is 25.3 Å². The fourth-order valence-electron chi connectivity index (χ4n) is 1.14. The Morgan fingerprint density at radius 1 is 1.12 bits per heavy atom. The second kappa shape index (κ2) is 7.06. The molecule has 0 heterocycles. The topological polar surface area (TPSA) is 9.23 Å². The normalized spacial score (nSPS) is 11.1. The summed E-state index contributed by atoms with van der Waals surface area (Å²) in [5.74, 6) is 0.629. The summed E-state index contributed by atoms with van der Waals surface area (Å²) in [6.07, 6.45) is 0. The summed E-state index contributed by atoms with van der Waals surface area (Å²) in [6.45, 7) is -2.01. The van der Waals surface area contributed by atoms with Gasteiger partial charge in [-0.2, -0.15) is 0 Å². The predicted molar refractivity (Wildman–Crippen MR) is 55.1 cm³/mol. The molecule has 0 atom stereocenters. The average molecular weight is 256 g/mol. The third-order valence-electron chi connectivity index (χ3n) is 1.99. The minimum atomic E-state index is -4.87. The van der Waals surface area contributed by atoms with Gasteiger partial charge in [-0.3, -0.25) is 0 Å². The SMILES string of the molecule is CC(C)c1ccc(OC[B-](F)(F)F)cc1.[K+]. The first kappa shape index (κ1) is 16.5. The van der Waals surface area contributed by atoms with Crippen LogP contribution in [0.5, 0.6) is 5.75 Å². The average Bonchev–Trinajstić information content (AvgIpc) is 2.14. The standard InChI is InChI=1S/C10H13BF3O.K/c1-8(2)9-3-5-10(6-4-9)15-7-11(12,13)14;/h3-6,8H,7H2,1-2H3;/q-1;+1. The van der Waals surface area contributed by atoms with Gasteiger partial charge in [0.05, 0.1) is 6.51 Å². The van der Waals surface area contributed by atoms with Crippen molar-refractivity contribution in [2.24, 2.45) is 0 Å². The zero-order valence-corrected chi connectivity index (χ0v) is 12.8. The Labute approximate surface area is 136 Å². The van der Waals surface area contributed by atoms with Crippen molar-refractivity contribution >= 4 is 6.98 Å². The summed E-state index contributed by atoms with van der Waals surface area (Å²) in [5.41, 5.74) is 1.08. The third-order valence-corrected chi connectivity index (χ3v) is 1.99. The van der Waals surface area contributed by atoms with Crippen molar-refractivity contribution in [3.05, 3.63) is 29.8 Å². The molecule has 1 nitrogen and oxygen atoms in total. The summed E-state index contributed by atoms with van der Waals surface area (Å²) >= 11 is 0. The molecule has 6 heteroatoms. The second-order valence-corrected chi connectivity index (χ2v) is 3.75. The van der Waals surface area contributed by atoms with Crippen LogP contribution >= 0.6 is 0 Å². The Bertz CT molecular complexity index is 311. The van der Waals surface area contributed by atoms with Crippen LogP contribution in [0.15, 0.2) is 24.3 Å². The van der Waals surface area contributed by atoms with E-state index in [2.05, 4.69) is 4.74 Å². The molecule has 0 saturated carbocycles. The van der Waals surface area contributed by atoms with Gasteiger partial charge in [0.1, 0.15) is 5.75 Å². The minimum Gasteiger partial charge on any atom is -0.522 e. The molecule has 0 saturated heterocycles. The van der Waals surface area contributed by atoms with Gasteiger partial charge in [0.25, 0.3) is 0 Å². The van der Waals surface area contributed by atoms with Crippen LogP contribution in [0.25, 0.3) is 0 Å². The van der Waals surface area contributed by atoms with E-state index < -0.39 is 13.5 Å². The van der Waals surface area contributed by atoms with E-state index in [0.29, 0.717) is 5.92 Å². The molecule has 0 N–H and O–H groups in total. The zero-order valence-electron chi connectivity index (χ0n) is 9.71. The van der Waals surface area contributed by atoms with Crippen molar-refractivity contribution in [2.45, 2.75) is 19.8 Å². The van der Waals surface area contributed by atoms with Crippen LogP contribution in [-0.2, 0) is 0 Å². The first-order chi connectivity index (χ1) is 6.88. The molecular formula is C10H13BF3KO. The first-order valence-corrected chi connectivity index (χ1v) is 4.82. The summed E-state index contributed by atoms with van der Waals surface area (Å²) in [6, 6.07) is 6.70. The summed E-state index contributed by atoms with van der Waals surface area (Å²) in [4.78, 5) is 0. The molecule has 1 aromatic carbocycles. The number of rotatable bonds is 4. The first-order valence-electron chi connectivity index (χ1n) is 4.82. The molecule has 16 heavy (non-hydrogen) atoms. The molecule has 84 valence electrons. The van der Waals surface area contributed by atoms with Crippen LogP contribution in [0.2, 0.25) is 0 Å². The number of hydrogen-bond acceptors (Lipinski definition) is 1. The van der Waals surface area contributed by atoms with Crippen LogP contribution < -0.4 is 56.1 Å². The number of hydrogen-bond donors (Lipinski definition) is 0. The van der Waals surface area contributed by atoms with E-state index in [1.807, 2.05) is 13.8 Å². The Morgan fingerprint density at radius 2 is 1.62 bits per heavy atom. The molecule has 0 fully saturated rings. The summed E-state index contributed by atoms with van der Waals surface area (Å²) < 4.78 is 40.3. The van der Waals surface area contributed by atoms with Crippen molar-refractivity contribution in [3.8, 4) is 5.75 Å². The molecule has 1 rings (SSSR count). The van der Waals surface area contributed by atoms with Gasteiger partial charge in [0, 0.05) is 0 Å². The molecule has 0 radical (unpaired) electrons. The van der Waals surface area contributed by atoms with E-state index >= 15 is 0 Å². The van der Waals surface area contributed by atoms with Gasteiger partial charge in [0.2, 0.25) is 0 Å². The minimum absolute atomic E-state index is 0. The monoisotopic (exact) mass is 256 g/mol. The van der Waals surface area contributed by atoms with Gasteiger partial charge in [0.15, 0.2) is 0 Å². The molecule has 0 aliphatic carbocycles. The molecule has 0 aromatic heterocycles. The van der Waals surface area contributed by atoms with Gasteiger partial charge in [-0.1, -0.05) is 26.0 Å². The molecule has 0 bridgehead atoms. The Morgan fingerprint density at radius 3 is 2.00 bits per heavy atom. The van der Waals surface area contributed by atoms with E-state index in [4.69, 9.17) is 0 Å². The van der Waals surface area contributed by atoms with Gasteiger partial charge < -0.3 is 17.7 Å². The van der Waals surface area contributed by atoms with E-state index in [1.54, 1.807) is 24.3 Å². The second-order valence-electron chi connectivity index (χ2n) is 3.75. The maximum absolute atomic E-state index is 11.9. The molecule has 0 unspecified atom stereocenters. The van der Waals surface area contributed by atoms with Crippen LogP contribution in [-0.4, -0.2) is 13.5 Å². The van der Waals surface area contributed by atoms with E-state index in [9.17, 15) is 12.9 Å². The van der Waals surface area contributed by atoms with Gasteiger partial charge in [-0.05, 0) is 23.6 Å². The van der Waals surface area contributed by atoms with Gasteiger partial charge >= 0.3 is 58.4 Å². The van der Waals surface area contributed by atoms with Gasteiger partial charge in [-0.15, -0.1) is 0 Å². The van der Waals surface area contributed by atoms with E-state index in [1.165, 1.54) is 0 Å². The molecule has 0 amide bonds. The van der Waals surface area contributed by atoms with Crippen molar-refractivity contribution in [1.82, 2.24) is 0 Å². The van der Waals surface area contributed by atoms with Crippen LogP contribution in [0.4, 0.5) is 12.9 Å². The Kier molecular flexibility index (Phi) is 7.28. The van der Waals surface area contributed by atoms with Crippen LogP contribution in [0.3, 0.4) is 0 Å². The van der Waals surface area contributed by atoms with E-state index in [-0.39, 0.29) is 57.1 Å². The molecule has 0 aliphatic rings. The smallest absolute Gasteiger partial charge is 0.522 e. The summed E-state index contributed by atoms with van der Waals surface area (Å²) in [7, 11) is 0. The largest absolute Gasteiger partial charge is 1.00 e. The van der Waals surface area contributed by atoms with Crippen molar-refractivity contribution in [2.75, 3.05) is 6.51 Å². The van der Waals surface area contributed by atoms with Crippen molar-refractivity contribution in [3.63, 3.8) is 0 Å². The number of benzene rings is 1. The fourth-order valence-corrected chi connectivity index (χ4v) is 1.14. The molecule has 0 spiro atoms. The number of ether oxygens (including phenoxy) is 1. The Balaban J connectivity index is 0.00000225. The van der Waals surface area contributed by atoms with Crippen molar-refractivity contribution in [1.29, 1.82) is 0 Å². The van der Waals surface area contributed by atoms with Crippen LogP contribution in [0, 0.1) is 0 Å². The zero-order chi connectivity index (χ0) is 11.5. The van der Waals surface area contributed by atoms with Gasteiger partial charge in [-0.25, -0.2) is 0 Å². The van der Waals surface area contributed by atoms with E-state index in [0.717, 1.165) is 5.56 Å². The molecule has 1 aromatic rings. The number of halogens is 3. The summed E-state index contributed by atoms with van der Waals surface area (Å²) in [5, 5.41) is 0. The predicted octanol–water partition coefficient (Wildman–Crippen LogP) is 0.579. The maximum atomic E-state index is 11.9. The Hall–Kier alpha value is 0.511. The quantitative estimate of drug-likeness (QED) is 0.716. The molecule has 0 aliphatic heterocycles. The third kappa shape index (κ3) is 6.30. The van der Waals surface area contributed by atoms with Crippen molar-refractivity contribution < 1.29 is 69.1 Å². The fraction of sp³-hybridized carbons (Fsp3) is 0.400. The molecular weight excluding hydrogens is 243 g/mol.